The average Bonchev–Trinajstić information content (AvgIpc) is 2.75. The lowest BCUT2D eigenvalue weighted by Crippen LogP contribution is -2.15. The van der Waals surface area contributed by atoms with Crippen LogP contribution < -0.4 is 5.56 Å². The lowest BCUT2D eigenvalue weighted by molar-refractivity contribution is 0.0519. The molecule has 0 atom stereocenters. The summed E-state index contributed by atoms with van der Waals surface area (Å²) in [5, 5.41) is 2.37. The Morgan fingerprint density at radius 1 is 1.37 bits per heavy atom. The van der Waals surface area contributed by atoms with E-state index < -0.39 is 23.2 Å². The monoisotopic (exact) mass is 268 g/mol. The fraction of sp³-hybridized carbons (Fsp3) is 0.167. The number of rotatable bonds is 3. The average molecular weight is 268 g/mol. The van der Waals surface area contributed by atoms with Crippen LogP contribution in [-0.4, -0.2) is 22.4 Å². The molecule has 0 aliphatic rings. The quantitative estimate of drug-likeness (QED) is 0.860. The number of ether oxygens (including phenoxy) is 1. The first kappa shape index (κ1) is 13.0. The lowest BCUT2D eigenvalue weighted by Gasteiger charge is -2.03. The molecule has 19 heavy (non-hydrogen) atoms. The Hall–Kier alpha value is -2.44. The number of carbonyl (C=O) groups excluding carboxylic acids is 1. The van der Waals surface area contributed by atoms with Gasteiger partial charge in [0, 0.05) is 12.1 Å². The van der Waals surface area contributed by atoms with E-state index in [-0.39, 0.29) is 18.0 Å². The van der Waals surface area contributed by atoms with Crippen LogP contribution >= 0.6 is 0 Å². The third-order valence-electron chi connectivity index (χ3n) is 2.36. The standard InChI is InChI=1S/C12H10F2N2O3/c1-2-19-12(18)9-6-11(17)16(15-9)10-5-7(13)3-4-8(10)14/h3-6,15H,2H2,1H3. The second-order valence-corrected chi connectivity index (χ2v) is 3.66. The molecule has 0 radical (unpaired) electrons. The predicted octanol–water partition coefficient (Wildman–Crippen LogP) is 1.62. The molecule has 7 heteroatoms. The highest BCUT2D eigenvalue weighted by Crippen LogP contribution is 2.12. The number of halogens is 2. The Balaban J connectivity index is 2.49. The number of hydrogen-bond donors (Lipinski definition) is 1. The smallest absolute Gasteiger partial charge is 0.356 e. The van der Waals surface area contributed by atoms with E-state index in [4.69, 9.17) is 4.74 Å². The molecule has 0 unspecified atom stereocenters. The van der Waals surface area contributed by atoms with Gasteiger partial charge in [-0.1, -0.05) is 0 Å². The fourth-order valence-electron chi connectivity index (χ4n) is 1.55. The zero-order valence-electron chi connectivity index (χ0n) is 9.94. The number of benzene rings is 1. The Kier molecular flexibility index (Phi) is 3.46. The van der Waals surface area contributed by atoms with Crippen LogP contribution in [0.3, 0.4) is 0 Å². The molecule has 0 aliphatic heterocycles. The van der Waals surface area contributed by atoms with Crippen molar-refractivity contribution in [2.75, 3.05) is 6.61 Å². The van der Waals surface area contributed by atoms with Crippen LogP contribution in [-0.2, 0) is 4.74 Å². The lowest BCUT2D eigenvalue weighted by atomic mass is 10.3. The van der Waals surface area contributed by atoms with Crippen LogP contribution in [0.1, 0.15) is 17.4 Å². The topological polar surface area (TPSA) is 64.1 Å². The van der Waals surface area contributed by atoms with Gasteiger partial charge in [-0.05, 0) is 19.1 Å². The zero-order chi connectivity index (χ0) is 14.0. The number of aromatic amines is 1. The van der Waals surface area contributed by atoms with Crippen molar-refractivity contribution in [2.24, 2.45) is 0 Å². The molecule has 1 aromatic heterocycles. The molecule has 2 aromatic rings. The third-order valence-corrected chi connectivity index (χ3v) is 2.36. The van der Waals surface area contributed by atoms with E-state index in [1.807, 2.05) is 0 Å². The highest BCUT2D eigenvalue weighted by Gasteiger charge is 2.15. The number of nitrogens with one attached hydrogen (secondary N) is 1. The summed E-state index contributed by atoms with van der Waals surface area (Å²) < 4.78 is 32.0. The summed E-state index contributed by atoms with van der Waals surface area (Å²) in [5.74, 6) is -2.23. The first-order valence-electron chi connectivity index (χ1n) is 5.47. The molecule has 2 rings (SSSR count). The molecule has 1 N–H and O–H groups in total. The molecule has 0 bridgehead atoms. The van der Waals surface area contributed by atoms with Crippen LogP contribution in [0.15, 0.2) is 29.1 Å². The molecule has 0 saturated heterocycles. The second-order valence-electron chi connectivity index (χ2n) is 3.66. The molecule has 0 spiro atoms. The Morgan fingerprint density at radius 2 is 2.11 bits per heavy atom. The number of aromatic nitrogens is 2. The molecular formula is C12H10F2N2O3. The number of esters is 1. The van der Waals surface area contributed by atoms with Crippen LogP contribution in [0.4, 0.5) is 8.78 Å². The maximum Gasteiger partial charge on any atom is 0.356 e. The minimum atomic E-state index is -0.791. The summed E-state index contributed by atoms with van der Waals surface area (Å²) in [4.78, 5) is 23.1. The van der Waals surface area contributed by atoms with E-state index in [1.165, 1.54) is 0 Å². The van der Waals surface area contributed by atoms with Crippen molar-refractivity contribution in [3.05, 3.63) is 51.9 Å². The van der Waals surface area contributed by atoms with Crippen molar-refractivity contribution < 1.29 is 18.3 Å². The van der Waals surface area contributed by atoms with Gasteiger partial charge in [-0.3, -0.25) is 9.89 Å². The SMILES string of the molecule is CCOC(=O)c1cc(=O)n(-c2cc(F)ccc2F)[nH]1. The van der Waals surface area contributed by atoms with Crippen molar-refractivity contribution in [2.45, 2.75) is 6.92 Å². The number of hydrogen-bond acceptors (Lipinski definition) is 3. The van der Waals surface area contributed by atoms with Gasteiger partial charge in [0.25, 0.3) is 5.56 Å². The highest BCUT2D eigenvalue weighted by molar-refractivity contribution is 5.87. The summed E-state index contributed by atoms with van der Waals surface area (Å²) >= 11 is 0. The largest absolute Gasteiger partial charge is 0.461 e. The van der Waals surface area contributed by atoms with Gasteiger partial charge in [0.2, 0.25) is 0 Å². The number of nitrogens with zero attached hydrogens (tertiary/aromatic N) is 1. The molecule has 0 saturated carbocycles. The maximum absolute atomic E-state index is 13.5. The van der Waals surface area contributed by atoms with Crippen LogP contribution in [0.25, 0.3) is 5.69 Å². The zero-order valence-corrected chi connectivity index (χ0v) is 9.94. The molecule has 0 aliphatic carbocycles. The number of carbonyl (C=O) groups is 1. The van der Waals surface area contributed by atoms with Crippen molar-refractivity contribution in [1.82, 2.24) is 9.78 Å². The van der Waals surface area contributed by atoms with Crippen molar-refractivity contribution in [3.8, 4) is 5.69 Å². The normalized spacial score (nSPS) is 10.5. The predicted molar refractivity (Wildman–Crippen MR) is 62.3 cm³/mol. The first-order chi connectivity index (χ1) is 9.02. The molecule has 1 aromatic carbocycles. The van der Waals surface area contributed by atoms with E-state index in [1.54, 1.807) is 6.92 Å². The molecule has 100 valence electrons. The highest BCUT2D eigenvalue weighted by atomic mass is 19.1. The summed E-state index contributed by atoms with van der Waals surface area (Å²) in [6, 6.07) is 3.63. The molecule has 5 nitrogen and oxygen atoms in total. The summed E-state index contributed by atoms with van der Waals surface area (Å²) in [6.07, 6.45) is 0. The molecule has 0 fully saturated rings. The third kappa shape index (κ3) is 2.54. The molecule has 0 amide bonds. The van der Waals surface area contributed by atoms with E-state index in [2.05, 4.69) is 5.10 Å². The van der Waals surface area contributed by atoms with Gasteiger partial charge in [-0.2, -0.15) is 0 Å². The fourth-order valence-corrected chi connectivity index (χ4v) is 1.55. The van der Waals surface area contributed by atoms with Crippen molar-refractivity contribution in [3.63, 3.8) is 0 Å². The van der Waals surface area contributed by atoms with E-state index in [0.717, 1.165) is 28.9 Å². The van der Waals surface area contributed by atoms with Gasteiger partial charge < -0.3 is 4.74 Å². The summed E-state index contributed by atoms with van der Waals surface area (Å²) in [7, 11) is 0. The van der Waals surface area contributed by atoms with Gasteiger partial charge in [0.05, 0.1) is 6.61 Å². The van der Waals surface area contributed by atoms with Crippen molar-refractivity contribution in [1.29, 1.82) is 0 Å². The van der Waals surface area contributed by atoms with Gasteiger partial charge in [0.15, 0.2) is 0 Å². The van der Waals surface area contributed by atoms with Crippen molar-refractivity contribution >= 4 is 5.97 Å². The van der Waals surface area contributed by atoms with Gasteiger partial charge in [-0.15, -0.1) is 0 Å². The van der Waals surface area contributed by atoms with E-state index in [9.17, 15) is 18.4 Å². The van der Waals surface area contributed by atoms with Gasteiger partial charge in [-0.25, -0.2) is 18.3 Å². The Morgan fingerprint density at radius 3 is 2.79 bits per heavy atom. The maximum atomic E-state index is 13.5. The minimum absolute atomic E-state index is 0.129. The van der Waals surface area contributed by atoms with Gasteiger partial charge in [0.1, 0.15) is 23.0 Å². The van der Waals surface area contributed by atoms with Crippen LogP contribution in [0.5, 0.6) is 0 Å². The van der Waals surface area contributed by atoms with Gasteiger partial charge >= 0.3 is 5.97 Å². The minimum Gasteiger partial charge on any atom is -0.461 e. The van der Waals surface area contributed by atoms with E-state index >= 15 is 0 Å². The number of H-pyrrole nitrogens is 1. The first-order valence-corrected chi connectivity index (χ1v) is 5.47. The van der Waals surface area contributed by atoms with Crippen LogP contribution in [0.2, 0.25) is 0 Å². The molecular weight excluding hydrogens is 258 g/mol. The molecule has 1 heterocycles. The van der Waals surface area contributed by atoms with E-state index in [0.29, 0.717) is 0 Å². The summed E-state index contributed by atoms with van der Waals surface area (Å²) in [5.41, 5.74) is -1.12. The van der Waals surface area contributed by atoms with Crippen LogP contribution in [0, 0.1) is 11.6 Å². The summed E-state index contributed by atoms with van der Waals surface area (Å²) in [6.45, 7) is 1.75. The second kappa shape index (κ2) is 5.05. The Labute approximate surface area is 106 Å². The Bertz CT molecular complexity index is 676.